The molecule has 2 aromatic rings. The van der Waals surface area contributed by atoms with E-state index in [0.717, 1.165) is 12.8 Å². The van der Waals surface area contributed by atoms with E-state index in [1.54, 1.807) is 42.3 Å². The van der Waals surface area contributed by atoms with E-state index < -0.39 is 0 Å². The minimum Gasteiger partial charge on any atom is -0.474 e. The Balaban J connectivity index is 1.51. The lowest BCUT2D eigenvalue weighted by atomic mass is 10.1. The molecule has 3 rings (SSSR count). The summed E-state index contributed by atoms with van der Waals surface area (Å²) in [5, 5.41) is 6.70. The number of hydrogen-bond donors (Lipinski definition) is 1. The van der Waals surface area contributed by atoms with Gasteiger partial charge in [-0.15, -0.1) is 0 Å². The number of rotatable bonds is 4. The first-order chi connectivity index (χ1) is 12.0. The molecule has 1 aliphatic heterocycles. The zero-order valence-corrected chi connectivity index (χ0v) is 14.3. The van der Waals surface area contributed by atoms with Gasteiger partial charge in [0, 0.05) is 52.2 Å². The van der Waals surface area contributed by atoms with Crippen LogP contribution in [0.2, 0.25) is 0 Å². The summed E-state index contributed by atoms with van der Waals surface area (Å²) in [4.78, 5) is 29.5. The Hall–Kier alpha value is -2.90. The highest BCUT2D eigenvalue weighted by atomic mass is 16.5. The maximum Gasteiger partial charge on any atom is 0.272 e. The number of hydrogen-bond acceptors (Lipinski definition) is 5. The topological polar surface area (TPSA) is 89.4 Å². The summed E-state index contributed by atoms with van der Waals surface area (Å²) in [5.41, 5.74) is 1.23. The number of piperidine rings is 1. The van der Waals surface area contributed by atoms with Crippen molar-refractivity contribution in [1.29, 1.82) is 0 Å². The van der Waals surface area contributed by atoms with Gasteiger partial charge in [-0.2, -0.15) is 5.10 Å². The average molecular weight is 343 g/mol. The van der Waals surface area contributed by atoms with Crippen molar-refractivity contribution in [2.24, 2.45) is 7.05 Å². The summed E-state index contributed by atoms with van der Waals surface area (Å²) in [6.07, 6.45) is 4.71. The van der Waals surface area contributed by atoms with Gasteiger partial charge in [0.05, 0.1) is 11.9 Å². The highest BCUT2D eigenvalue weighted by Gasteiger charge is 2.26. The molecule has 1 saturated heterocycles. The summed E-state index contributed by atoms with van der Waals surface area (Å²) in [6.45, 7) is 2.72. The Morgan fingerprint density at radius 1 is 1.24 bits per heavy atom. The summed E-state index contributed by atoms with van der Waals surface area (Å²) >= 11 is 0. The molecule has 0 spiro atoms. The van der Waals surface area contributed by atoms with Crippen LogP contribution in [0, 0.1) is 0 Å². The van der Waals surface area contributed by atoms with Gasteiger partial charge < -0.3 is 15.0 Å². The predicted molar refractivity (Wildman–Crippen MR) is 91.3 cm³/mol. The number of amides is 2. The number of anilines is 1. The van der Waals surface area contributed by atoms with E-state index in [4.69, 9.17) is 4.74 Å². The van der Waals surface area contributed by atoms with Gasteiger partial charge in [-0.3, -0.25) is 14.3 Å². The number of aryl methyl sites for hydroxylation is 1. The Kier molecular flexibility index (Phi) is 4.97. The van der Waals surface area contributed by atoms with Gasteiger partial charge in [0.1, 0.15) is 11.8 Å². The molecule has 8 heteroatoms. The van der Waals surface area contributed by atoms with E-state index in [0.29, 0.717) is 30.4 Å². The molecule has 0 saturated carbocycles. The summed E-state index contributed by atoms with van der Waals surface area (Å²) < 4.78 is 7.47. The van der Waals surface area contributed by atoms with Crippen molar-refractivity contribution < 1.29 is 14.3 Å². The minimum atomic E-state index is -0.138. The number of aromatic nitrogens is 3. The number of carbonyl (C=O) groups excluding carboxylic acids is 2. The molecule has 0 atom stereocenters. The van der Waals surface area contributed by atoms with Gasteiger partial charge in [-0.1, -0.05) is 0 Å². The molecular weight excluding hydrogens is 322 g/mol. The lowest BCUT2D eigenvalue weighted by Crippen LogP contribution is -2.42. The molecule has 1 fully saturated rings. The van der Waals surface area contributed by atoms with E-state index in [9.17, 15) is 9.59 Å². The van der Waals surface area contributed by atoms with Gasteiger partial charge in [0.2, 0.25) is 11.8 Å². The van der Waals surface area contributed by atoms with Crippen molar-refractivity contribution in [3.63, 3.8) is 0 Å². The van der Waals surface area contributed by atoms with Crippen LogP contribution in [0.5, 0.6) is 5.88 Å². The van der Waals surface area contributed by atoms with Crippen molar-refractivity contribution in [3.8, 4) is 5.88 Å². The van der Waals surface area contributed by atoms with E-state index in [1.165, 1.54) is 6.92 Å². The van der Waals surface area contributed by atoms with Crippen molar-refractivity contribution in [2.75, 3.05) is 18.4 Å². The van der Waals surface area contributed by atoms with Gasteiger partial charge in [-0.25, -0.2) is 4.98 Å². The Morgan fingerprint density at radius 3 is 2.56 bits per heavy atom. The molecule has 2 aromatic heterocycles. The molecule has 0 bridgehead atoms. The molecule has 132 valence electrons. The molecule has 1 N–H and O–H groups in total. The van der Waals surface area contributed by atoms with Crippen molar-refractivity contribution in [2.45, 2.75) is 25.9 Å². The Labute approximate surface area is 145 Å². The average Bonchev–Trinajstić information content (AvgIpc) is 3.02. The standard InChI is InChI=1S/C17H21N5O3/c1-12(23)20-13-3-4-16(18-11-13)25-14-6-9-22(10-7-14)17(24)15-5-8-19-21(15)2/h3-5,8,11,14H,6-7,9-10H2,1-2H3,(H,20,23). The molecule has 0 aromatic carbocycles. The fourth-order valence-corrected chi connectivity index (χ4v) is 2.82. The third kappa shape index (κ3) is 4.14. The quantitative estimate of drug-likeness (QED) is 0.908. The van der Waals surface area contributed by atoms with Crippen LogP contribution in [0.15, 0.2) is 30.6 Å². The third-order valence-corrected chi connectivity index (χ3v) is 4.11. The number of nitrogens with zero attached hydrogens (tertiary/aromatic N) is 4. The number of likely N-dealkylation sites (tertiary alicyclic amines) is 1. The largest absolute Gasteiger partial charge is 0.474 e. The van der Waals surface area contributed by atoms with Crippen LogP contribution in [0.1, 0.15) is 30.3 Å². The van der Waals surface area contributed by atoms with Crippen LogP contribution in [0.25, 0.3) is 0 Å². The molecule has 1 aliphatic rings. The first-order valence-electron chi connectivity index (χ1n) is 8.20. The fourth-order valence-electron chi connectivity index (χ4n) is 2.82. The minimum absolute atomic E-state index is 0.00349. The SMILES string of the molecule is CC(=O)Nc1ccc(OC2CCN(C(=O)c3ccnn3C)CC2)nc1. The fraction of sp³-hybridized carbons (Fsp3) is 0.412. The predicted octanol–water partition coefficient (Wildman–Crippen LogP) is 1.46. The Morgan fingerprint density at radius 2 is 2.00 bits per heavy atom. The van der Waals surface area contributed by atoms with E-state index in [2.05, 4.69) is 15.4 Å². The van der Waals surface area contributed by atoms with Gasteiger partial charge >= 0.3 is 0 Å². The second kappa shape index (κ2) is 7.33. The molecule has 0 radical (unpaired) electrons. The molecule has 25 heavy (non-hydrogen) atoms. The van der Waals surface area contributed by atoms with Crippen LogP contribution in [-0.2, 0) is 11.8 Å². The molecule has 0 aliphatic carbocycles. The monoisotopic (exact) mass is 343 g/mol. The molecule has 0 unspecified atom stereocenters. The van der Waals surface area contributed by atoms with Crippen molar-refractivity contribution in [1.82, 2.24) is 19.7 Å². The van der Waals surface area contributed by atoms with Gasteiger partial charge in [-0.05, 0) is 12.1 Å². The third-order valence-electron chi connectivity index (χ3n) is 4.11. The smallest absolute Gasteiger partial charge is 0.272 e. The number of nitrogens with one attached hydrogen (secondary N) is 1. The maximum atomic E-state index is 12.4. The molecule has 8 nitrogen and oxygen atoms in total. The van der Waals surface area contributed by atoms with Crippen LogP contribution < -0.4 is 10.1 Å². The van der Waals surface area contributed by atoms with Crippen molar-refractivity contribution in [3.05, 3.63) is 36.3 Å². The second-order valence-corrected chi connectivity index (χ2v) is 6.02. The lowest BCUT2D eigenvalue weighted by molar-refractivity contribution is -0.114. The normalized spacial score (nSPS) is 15.0. The van der Waals surface area contributed by atoms with Crippen LogP contribution in [0.3, 0.4) is 0 Å². The highest BCUT2D eigenvalue weighted by molar-refractivity contribution is 5.92. The van der Waals surface area contributed by atoms with E-state index in [1.807, 2.05) is 4.90 Å². The molecular formula is C17H21N5O3. The zero-order chi connectivity index (χ0) is 17.8. The number of carbonyl (C=O) groups is 2. The van der Waals surface area contributed by atoms with Crippen LogP contribution in [0.4, 0.5) is 5.69 Å². The van der Waals surface area contributed by atoms with E-state index >= 15 is 0 Å². The Bertz CT molecular complexity index is 748. The second-order valence-electron chi connectivity index (χ2n) is 6.02. The lowest BCUT2D eigenvalue weighted by Gasteiger charge is -2.31. The maximum absolute atomic E-state index is 12.4. The van der Waals surface area contributed by atoms with Crippen LogP contribution >= 0.6 is 0 Å². The van der Waals surface area contributed by atoms with Crippen LogP contribution in [-0.4, -0.2) is 50.7 Å². The summed E-state index contributed by atoms with van der Waals surface area (Å²) in [5.74, 6) is 0.377. The number of pyridine rings is 1. The van der Waals surface area contributed by atoms with Gasteiger partial charge in [0.25, 0.3) is 5.91 Å². The first kappa shape index (κ1) is 16.9. The van der Waals surface area contributed by atoms with Gasteiger partial charge in [0.15, 0.2) is 0 Å². The molecule has 3 heterocycles. The molecule has 2 amide bonds. The number of ether oxygens (including phenoxy) is 1. The summed E-state index contributed by atoms with van der Waals surface area (Å²) in [7, 11) is 1.76. The van der Waals surface area contributed by atoms with E-state index in [-0.39, 0.29) is 17.9 Å². The highest BCUT2D eigenvalue weighted by Crippen LogP contribution is 2.19. The zero-order valence-electron chi connectivity index (χ0n) is 14.3. The van der Waals surface area contributed by atoms with Crippen molar-refractivity contribution >= 4 is 17.5 Å². The first-order valence-corrected chi connectivity index (χ1v) is 8.20. The summed E-state index contributed by atoms with van der Waals surface area (Å²) in [6, 6.07) is 5.22.